The van der Waals surface area contributed by atoms with Crippen molar-refractivity contribution in [1.29, 1.82) is 0 Å². The molecule has 1 saturated carbocycles. The number of fused-ring (bicyclic) bond motifs is 1. The van der Waals surface area contributed by atoms with E-state index in [1.54, 1.807) is 0 Å². The number of likely N-dealkylation sites (tertiary alicyclic amines) is 1. The maximum atomic E-state index is 12.9. The molecule has 0 bridgehead atoms. The van der Waals surface area contributed by atoms with Crippen LogP contribution in [0.4, 0.5) is 5.69 Å². The van der Waals surface area contributed by atoms with Crippen molar-refractivity contribution >= 4 is 11.6 Å². The van der Waals surface area contributed by atoms with E-state index < -0.39 is 0 Å². The van der Waals surface area contributed by atoms with Crippen molar-refractivity contribution in [2.45, 2.75) is 43.7 Å². The Kier molecular flexibility index (Phi) is 3.07. The Balaban J connectivity index is 1.53. The van der Waals surface area contributed by atoms with Crippen molar-refractivity contribution in [2.75, 3.05) is 31.2 Å². The number of ether oxygens (including phenoxy) is 1. The van der Waals surface area contributed by atoms with Crippen molar-refractivity contribution in [1.82, 2.24) is 4.90 Å². The Labute approximate surface area is 137 Å². The fourth-order valence-electron chi connectivity index (χ4n) is 4.75. The first-order chi connectivity index (χ1) is 11.3. The summed E-state index contributed by atoms with van der Waals surface area (Å²) in [5.41, 5.74) is 2.64. The summed E-state index contributed by atoms with van der Waals surface area (Å²) in [6.07, 6.45) is 5.67. The van der Waals surface area contributed by atoms with Crippen LogP contribution in [0.25, 0.3) is 0 Å². The van der Waals surface area contributed by atoms with Crippen LogP contribution in [-0.2, 0) is 16.0 Å². The second kappa shape index (κ2) is 5.05. The minimum Gasteiger partial charge on any atom is -0.378 e. The third kappa shape index (κ3) is 2.15. The normalized spacial score (nSPS) is 31.2. The summed E-state index contributed by atoms with van der Waals surface area (Å²) in [7, 11) is 0. The van der Waals surface area contributed by atoms with Crippen molar-refractivity contribution < 1.29 is 9.53 Å². The van der Waals surface area contributed by atoms with Gasteiger partial charge in [0.1, 0.15) is 0 Å². The molecule has 0 radical (unpaired) electrons. The van der Waals surface area contributed by atoms with Crippen LogP contribution in [0.2, 0.25) is 0 Å². The average molecular weight is 312 g/mol. The first kappa shape index (κ1) is 14.0. The number of hydrogen-bond donors (Lipinski definition) is 0. The zero-order valence-electron chi connectivity index (χ0n) is 13.5. The number of rotatable bonds is 2. The third-order valence-corrected chi connectivity index (χ3v) is 6.16. The number of nitrogens with zero attached hydrogens (tertiary/aromatic N) is 2. The second-order valence-corrected chi connectivity index (χ2v) is 7.72. The van der Waals surface area contributed by atoms with E-state index in [-0.39, 0.29) is 11.5 Å². The highest BCUT2D eigenvalue weighted by Crippen LogP contribution is 2.44. The summed E-state index contributed by atoms with van der Waals surface area (Å²) in [5.74, 6) is 0.633. The summed E-state index contributed by atoms with van der Waals surface area (Å²) < 4.78 is 5.45. The standard InChI is InChI=1S/C19H24N2O2/c22-18(14-6-7-14)20-13-19(10-15-4-1-2-5-17(15)20)8-3-9-21(19)16-11-23-12-16/h1-2,4-5,14,16H,3,6-13H2. The lowest BCUT2D eigenvalue weighted by molar-refractivity contribution is -0.121. The van der Waals surface area contributed by atoms with E-state index in [9.17, 15) is 4.79 Å². The molecule has 3 aliphatic heterocycles. The fourth-order valence-corrected chi connectivity index (χ4v) is 4.75. The maximum Gasteiger partial charge on any atom is 0.230 e. The number of anilines is 1. The first-order valence-corrected chi connectivity index (χ1v) is 9.01. The van der Waals surface area contributed by atoms with E-state index in [1.165, 1.54) is 18.4 Å². The van der Waals surface area contributed by atoms with E-state index >= 15 is 0 Å². The van der Waals surface area contributed by atoms with Gasteiger partial charge in [-0.2, -0.15) is 0 Å². The van der Waals surface area contributed by atoms with Gasteiger partial charge in [-0.15, -0.1) is 0 Å². The van der Waals surface area contributed by atoms with E-state index in [1.807, 2.05) is 0 Å². The number of para-hydroxylation sites is 1. The molecular weight excluding hydrogens is 288 g/mol. The Morgan fingerprint density at radius 1 is 1.22 bits per heavy atom. The minimum atomic E-state index is 0.132. The van der Waals surface area contributed by atoms with Crippen LogP contribution in [0.3, 0.4) is 0 Å². The van der Waals surface area contributed by atoms with Crippen LogP contribution in [0.5, 0.6) is 0 Å². The van der Waals surface area contributed by atoms with Crippen LogP contribution in [0.1, 0.15) is 31.2 Å². The SMILES string of the molecule is O=C(C1CC1)N1CC2(CCCN2C2COC2)Cc2ccccc21. The molecule has 1 amide bonds. The highest BCUT2D eigenvalue weighted by molar-refractivity contribution is 5.97. The molecule has 1 unspecified atom stereocenters. The topological polar surface area (TPSA) is 32.8 Å². The fraction of sp³-hybridized carbons (Fsp3) is 0.632. The molecule has 1 aliphatic carbocycles. The lowest BCUT2D eigenvalue weighted by Crippen LogP contribution is -2.64. The first-order valence-electron chi connectivity index (χ1n) is 9.01. The molecule has 3 heterocycles. The largest absolute Gasteiger partial charge is 0.378 e. The molecule has 4 aliphatic rings. The molecule has 122 valence electrons. The van der Waals surface area contributed by atoms with Gasteiger partial charge in [0.2, 0.25) is 5.91 Å². The van der Waals surface area contributed by atoms with Crippen LogP contribution in [0.15, 0.2) is 24.3 Å². The predicted molar refractivity (Wildman–Crippen MR) is 88.5 cm³/mol. The van der Waals surface area contributed by atoms with E-state index in [0.717, 1.165) is 51.3 Å². The molecule has 0 N–H and O–H groups in total. The summed E-state index contributed by atoms with van der Waals surface area (Å²) in [6, 6.07) is 9.09. The quantitative estimate of drug-likeness (QED) is 0.839. The van der Waals surface area contributed by atoms with Crippen LogP contribution in [-0.4, -0.2) is 48.7 Å². The second-order valence-electron chi connectivity index (χ2n) is 7.72. The summed E-state index contributed by atoms with van der Waals surface area (Å²) in [5, 5.41) is 0. The molecule has 23 heavy (non-hydrogen) atoms. The van der Waals surface area contributed by atoms with Crippen molar-refractivity contribution in [3.63, 3.8) is 0 Å². The lowest BCUT2D eigenvalue weighted by Gasteiger charge is -2.51. The molecule has 4 nitrogen and oxygen atoms in total. The smallest absolute Gasteiger partial charge is 0.230 e. The van der Waals surface area contributed by atoms with E-state index in [2.05, 4.69) is 34.1 Å². The third-order valence-electron chi connectivity index (χ3n) is 6.16. The molecule has 1 atom stereocenters. The molecule has 1 aromatic rings. The van der Waals surface area contributed by atoms with Crippen molar-refractivity contribution in [3.8, 4) is 0 Å². The van der Waals surface area contributed by atoms with Gasteiger partial charge in [-0.1, -0.05) is 18.2 Å². The van der Waals surface area contributed by atoms with Gasteiger partial charge in [0.25, 0.3) is 0 Å². The molecule has 2 saturated heterocycles. The number of carbonyl (C=O) groups is 1. The van der Waals surface area contributed by atoms with Gasteiger partial charge in [-0.3, -0.25) is 9.69 Å². The van der Waals surface area contributed by atoms with Gasteiger partial charge >= 0.3 is 0 Å². The zero-order valence-corrected chi connectivity index (χ0v) is 13.5. The highest BCUT2D eigenvalue weighted by atomic mass is 16.5. The van der Waals surface area contributed by atoms with Gasteiger partial charge < -0.3 is 9.64 Å². The van der Waals surface area contributed by atoms with Gasteiger partial charge in [0.15, 0.2) is 0 Å². The number of hydrogen-bond acceptors (Lipinski definition) is 3. The molecule has 1 spiro atoms. The lowest BCUT2D eigenvalue weighted by atomic mass is 9.82. The monoisotopic (exact) mass is 312 g/mol. The minimum absolute atomic E-state index is 0.132. The molecule has 4 heteroatoms. The average Bonchev–Trinajstić information content (AvgIpc) is 3.30. The summed E-state index contributed by atoms with van der Waals surface area (Å²) >= 11 is 0. The van der Waals surface area contributed by atoms with Gasteiger partial charge in [0, 0.05) is 23.7 Å². The summed E-state index contributed by atoms with van der Waals surface area (Å²) in [6.45, 7) is 3.75. The number of benzene rings is 1. The molecule has 1 aromatic carbocycles. The van der Waals surface area contributed by atoms with Gasteiger partial charge in [0.05, 0.1) is 19.3 Å². The zero-order chi connectivity index (χ0) is 15.4. The Morgan fingerprint density at radius 3 is 2.78 bits per heavy atom. The molecule has 3 fully saturated rings. The van der Waals surface area contributed by atoms with Gasteiger partial charge in [-0.25, -0.2) is 0 Å². The predicted octanol–water partition coefficient (Wildman–Crippen LogP) is 2.22. The Hall–Kier alpha value is -1.39. The maximum absolute atomic E-state index is 12.9. The van der Waals surface area contributed by atoms with E-state index in [4.69, 9.17) is 4.74 Å². The van der Waals surface area contributed by atoms with Crippen molar-refractivity contribution in [3.05, 3.63) is 29.8 Å². The number of amides is 1. The molecule has 0 aromatic heterocycles. The Morgan fingerprint density at radius 2 is 2.04 bits per heavy atom. The van der Waals surface area contributed by atoms with Crippen LogP contribution >= 0.6 is 0 Å². The van der Waals surface area contributed by atoms with Crippen molar-refractivity contribution in [2.24, 2.45) is 5.92 Å². The van der Waals surface area contributed by atoms with Crippen LogP contribution < -0.4 is 4.90 Å². The molecular formula is C19H24N2O2. The number of carbonyl (C=O) groups excluding carboxylic acids is 1. The summed E-state index contributed by atoms with van der Waals surface area (Å²) in [4.78, 5) is 17.7. The van der Waals surface area contributed by atoms with E-state index in [0.29, 0.717) is 11.9 Å². The van der Waals surface area contributed by atoms with Crippen LogP contribution in [0, 0.1) is 5.92 Å². The van der Waals surface area contributed by atoms with Gasteiger partial charge in [-0.05, 0) is 50.3 Å². The Bertz CT molecular complexity index is 638. The molecule has 5 rings (SSSR count). The highest BCUT2D eigenvalue weighted by Gasteiger charge is 2.51.